The smallest absolute Gasteiger partial charge is 0.214 e. The van der Waals surface area contributed by atoms with Crippen LogP contribution in [0.25, 0.3) is 22.1 Å². The molecule has 0 aromatic carbocycles. The third-order valence-corrected chi connectivity index (χ3v) is 4.79. The van der Waals surface area contributed by atoms with Crippen molar-refractivity contribution >= 4 is 22.1 Å². The van der Waals surface area contributed by atoms with Crippen molar-refractivity contribution in [2.45, 2.75) is 25.4 Å². The van der Waals surface area contributed by atoms with E-state index in [0.29, 0.717) is 23.6 Å². The molecule has 25 heavy (non-hydrogen) atoms. The van der Waals surface area contributed by atoms with Crippen LogP contribution in [-0.4, -0.2) is 29.3 Å². The summed E-state index contributed by atoms with van der Waals surface area (Å²) < 4.78 is 3.87. The molecule has 4 aromatic rings. The lowest BCUT2D eigenvalue weighted by atomic mass is 10.0. The first-order chi connectivity index (χ1) is 12.3. The molecule has 4 aromatic heterocycles. The highest BCUT2D eigenvalue weighted by atomic mass is 15.3. The number of imidazole rings is 1. The maximum absolute atomic E-state index is 9.58. The van der Waals surface area contributed by atoms with Crippen molar-refractivity contribution in [3.8, 4) is 12.1 Å². The highest BCUT2D eigenvalue weighted by molar-refractivity contribution is 6.01. The summed E-state index contributed by atoms with van der Waals surface area (Å²) in [6.07, 6.45) is 5.21. The SMILES string of the molecule is N#Cc1cc2n(n1)CC(n1c(C#N)nc3cnc4[nH]ccc4c31)CC2. The molecule has 120 valence electrons. The van der Waals surface area contributed by atoms with Gasteiger partial charge in [-0.2, -0.15) is 15.6 Å². The van der Waals surface area contributed by atoms with Crippen LogP contribution >= 0.6 is 0 Å². The third kappa shape index (κ3) is 1.88. The number of nitrogens with one attached hydrogen (secondary N) is 1. The van der Waals surface area contributed by atoms with Crippen molar-refractivity contribution in [1.82, 2.24) is 29.3 Å². The zero-order valence-corrected chi connectivity index (χ0v) is 13.1. The summed E-state index contributed by atoms with van der Waals surface area (Å²) in [7, 11) is 0. The number of nitriles is 2. The molecule has 5 rings (SSSR count). The Morgan fingerprint density at radius 2 is 2.20 bits per heavy atom. The van der Waals surface area contributed by atoms with Gasteiger partial charge < -0.3 is 9.55 Å². The average Bonchev–Trinajstić information content (AvgIpc) is 3.34. The summed E-state index contributed by atoms with van der Waals surface area (Å²) in [5.41, 5.74) is 3.91. The first-order valence-corrected chi connectivity index (χ1v) is 7.99. The van der Waals surface area contributed by atoms with Crippen LogP contribution in [0.1, 0.15) is 29.7 Å². The summed E-state index contributed by atoms with van der Waals surface area (Å²) >= 11 is 0. The molecule has 0 saturated heterocycles. The number of aromatic nitrogens is 6. The Morgan fingerprint density at radius 3 is 3.04 bits per heavy atom. The number of pyridine rings is 1. The van der Waals surface area contributed by atoms with E-state index in [-0.39, 0.29) is 6.04 Å². The molecule has 1 atom stereocenters. The van der Waals surface area contributed by atoms with Crippen LogP contribution in [0.5, 0.6) is 0 Å². The second-order valence-electron chi connectivity index (χ2n) is 6.16. The van der Waals surface area contributed by atoms with E-state index in [1.165, 1.54) is 0 Å². The standard InChI is InChI=1S/C17H12N8/c18-6-10-5-11-1-2-12(9-24(11)23-10)25-15(7-19)22-14-8-21-17-13(16(14)25)3-4-20-17/h3-5,8,12H,1-2,9H2,(H,20,21). The monoisotopic (exact) mass is 328 g/mol. The molecule has 0 amide bonds. The molecule has 0 saturated carbocycles. The van der Waals surface area contributed by atoms with Crippen molar-refractivity contribution < 1.29 is 0 Å². The van der Waals surface area contributed by atoms with Crippen LogP contribution in [0.4, 0.5) is 0 Å². The molecule has 8 nitrogen and oxygen atoms in total. The number of aromatic amines is 1. The van der Waals surface area contributed by atoms with Crippen molar-refractivity contribution in [3.05, 3.63) is 41.7 Å². The molecular weight excluding hydrogens is 316 g/mol. The van der Waals surface area contributed by atoms with Gasteiger partial charge in [0.05, 0.1) is 24.3 Å². The van der Waals surface area contributed by atoms with Crippen LogP contribution in [0.3, 0.4) is 0 Å². The number of rotatable bonds is 1. The van der Waals surface area contributed by atoms with Crippen molar-refractivity contribution in [2.75, 3.05) is 0 Å². The predicted octanol–water partition coefficient (Wildman–Crippen LogP) is 2.04. The number of aryl methyl sites for hydroxylation is 1. The Morgan fingerprint density at radius 1 is 1.28 bits per heavy atom. The van der Waals surface area contributed by atoms with E-state index in [1.807, 2.05) is 27.6 Å². The Hall–Kier alpha value is -3.65. The van der Waals surface area contributed by atoms with E-state index in [9.17, 15) is 5.26 Å². The van der Waals surface area contributed by atoms with E-state index in [4.69, 9.17) is 5.26 Å². The van der Waals surface area contributed by atoms with Gasteiger partial charge in [-0.15, -0.1) is 0 Å². The Labute approximate surface area is 141 Å². The van der Waals surface area contributed by atoms with Gasteiger partial charge in [-0.25, -0.2) is 9.97 Å². The number of hydrogen-bond acceptors (Lipinski definition) is 5. The Kier molecular flexibility index (Phi) is 2.71. The molecule has 1 N–H and O–H groups in total. The van der Waals surface area contributed by atoms with Gasteiger partial charge in [-0.1, -0.05) is 0 Å². The summed E-state index contributed by atoms with van der Waals surface area (Å²) in [6.45, 7) is 0.616. The zero-order chi connectivity index (χ0) is 17.0. The molecule has 0 fully saturated rings. The lowest BCUT2D eigenvalue weighted by Gasteiger charge is -2.25. The van der Waals surface area contributed by atoms with Crippen LogP contribution in [0.2, 0.25) is 0 Å². The number of hydrogen-bond donors (Lipinski definition) is 1. The van der Waals surface area contributed by atoms with Gasteiger partial charge in [0.1, 0.15) is 23.3 Å². The minimum Gasteiger partial charge on any atom is -0.346 e. The minimum atomic E-state index is 0.0547. The van der Waals surface area contributed by atoms with Crippen molar-refractivity contribution in [3.63, 3.8) is 0 Å². The van der Waals surface area contributed by atoms with Gasteiger partial charge in [0.2, 0.25) is 5.82 Å². The average molecular weight is 328 g/mol. The summed E-state index contributed by atoms with van der Waals surface area (Å²) in [4.78, 5) is 11.9. The molecule has 1 aliphatic heterocycles. The number of H-pyrrole nitrogens is 1. The first kappa shape index (κ1) is 13.8. The van der Waals surface area contributed by atoms with Crippen molar-refractivity contribution in [1.29, 1.82) is 10.5 Å². The summed E-state index contributed by atoms with van der Waals surface area (Å²) in [6, 6.07) is 8.15. The van der Waals surface area contributed by atoms with Gasteiger partial charge in [-0.05, 0) is 25.0 Å². The van der Waals surface area contributed by atoms with Crippen LogP contribution in [0.15, 0.2) is 24.5 Å². The molecule has 5 heterocycles. The third-order valence-electron chi connectivity index (χ3n) is 4.79. The maximum Gasteiger partial charge on any atom is 0.214 e. The molecule has 0 spiro atoms. The van der Waals surface area contributed by atoms with Gasteiger partial charge in [0.25, 0.3) is 0 Å². The van der Waals surface area contributed by atoms with E-state index in [2.05, 4.69) is 32.2 Å². The molecule has 1 aliphatic rings. The molecular formula is C17H12N8. The van der Waals surface area contributed by atoms with E-state index < -0.39 is 0 Å². The predicted molar refractivity (Wildman–Crippen MR) is 88.4 cm³/mol. The first-order valence-electron chi connectivity index (χ1n) is 7.99. The molecule has 1 unspecified atom stereocenters. The number of fused-ring (bicyclic) bond motifs is 4. The Bertz CT molecular complexity index is 1210. The topological polar surface area (TPSA) is 112 Å². The highest BCUT2D eigenvalue weighted by Crippen LogP contribution is 2.32. The second kappa shape index (κ2) is 4.92. The van der Waals surface area contributed by atoms with E-state index in [1.54, 1.807) is 6.20 Å². The molecule has 0 radical (unpaired) electrons. The maximum atomic E-state index is 9.58. The van der Waals surface area contributed by atoms with Crippen molar-refractivity contribution in [2.24, 2.45) is 0 Å². The van der Waals surface area contributed by atoms with Crippen LogP contribution in [-0.2, 0) is 13.0 Å². The largest absolute Gasteiger partial charge is 0.346 e. The van der Waals surface area contributed by atoms with E-state index in [0.717, 1.165) is 35.1 Å². The zero-order valence-electron chi connectivity index (χ0n) is 13.1. The lowest BCUT2D eigenvalue weighted by Crippen LogP contribution is -2.24. The number of nitrogens with zero attached hydrogens (tertiary/aromatic N) is 7. The van der Waals surface area contributed by atoms with Crippen LogP contribution < -0.4 is 0 Å². The molecule has 0 aliphatic carbocycles. The highest BCUT2D eigenvalue weighted by Gasteiger charge is 2.26. The fourth-order valence-corrected chi connectivity index (χ4v) is 3.71. The summed E-state index contributed by atoms with van der Waals surface area (Å²) in [5.74, 6) is 0.381. The quantitative estimate of drug-likeness (QED) is 0.574. The van der Waals surface area contributed by atoms with Gasteiger partial charge in [-0.3, -0.25) is 4.68 Å². The molecule has 0 bridgehead atoms. The van der Waals surface area contributed by atoms with Gasteiger partial charge in [0, 0.05) is 17.3 Å². The van der Waals surface area contributed by atoms with Crippen LogP contribution in [0, 0.1) is 22.7 Å². The summed E-state index contributed by atoms with van der Waals surface area (Å²) in [5, 5.41) is 23.9. The Balaban J connectivity index is 1.71. The fraction of sp³-hybridized carbons (Fsp3) is 0.235. The lowest BCUT2D eigenvalue weighted by molar-refractivity contribution is 0.346. The van der Waals surface area contributed by atoms with Gasteiger partial charge >= 0.3 is 0 Å². The van der Waals surface area contributed by atoms with E-state index >= 15 is 0 Å². The normalized spacial score (nSPS) is 16.6. The molecule has 8 heteroatoms. The van der Waals surface area contributed by atoms with Gasteiger partial charge in [0.15, 0.2) is 5.69 Å². The second-order valence-corrected chi connectivity index (χ2v) is 6.16. The fourth-order valence-electron chi connectivity index (χ4n) is 3.71. The minimum absolute atomic E-state index is 0.0547.